The van der Waals surface area contributed by atoms with E-state index in [2.05, 4.69) is 5.32 Å². The van der Waals surface area contributed by atoms with Crippen LogP contribution >= 0.6 is 12.4 Å². The lowest BCUT2D eigenvalue weighted by Crippen LogP contribution is -2.47. The predicted octanol–water partition coefficient (Wildman–Crippen LogP) is 5.28. The number of nitrogens with zero attached hydrogens (tertiary/aromatic N) is 1. The third-order valence-electron chi connectivity index (χ3n) is 5.39. The van der Waals surface area contributed by atoms with Crippen LogP contribution < -0.4 is 5.32 Å². The second kappa shape index (κ2) is 8.57. The van der Waals surface area contributed by atoms with Gasteiger partial charge in [0.05, 0.1) is 11.1 Å². The Balaban J connectivity index is 0.00000261. The molecule has 0 unspecified atom stereocenters. The van der Waals surface area contributed by atoms with Crippen molar-refractivity contribution in [3.05, 3.63) is 34.9 Å². The average molecular weight is 417 g/mol. The number of benzene rings is 1. The molecule has 0 radical (unpaired) electrons. The molecule has 0 spiro atoms. The summed E-state index contributed by atoms with van der Waals surface area (Å²) < 4.78 is 80.3. The lowest BCUT2D eigenvalue weighted by atomic mass is 9.86. The minimum absolute atomic E-state index is 0. The van der Waals surface area contributed by atoms with Crippen LogP contribution in [0.5, 0.6) is 0 Å². The van der Waals surface area contributed by atoms with Gasteiger partial charge in [-0.1, -0.05) is 12.8 Å². The minimum Gasteiger partial charge on any atom is -0.314 e. The summed E-state index contributed by atoms with van der Waals surface area (Å²) in [5, 5.41) is 3.15. The van der Waals surface area contributed by atoms with Gasteiger partial charge >= 0.3 is 12.4 Å². The summed E-state index contributed by atoms with van der Waals surface area (Å²) in [7, 11) is 0. The van der Waals surface area contributed by atoms with Crippen LogP contribution in [-0.4, -0.2) is 31.1 Å². The van der Waals surface area contributed by atoms with Gasteiger partial charge in [-0.2, -0.15) is 26.3 Å². The Kier molecular flexibility index (Phi) is 7.08. The smallest absolute Gasteiger partial charge is 0.314 e. The number of alkyl halides is 6. The fraction of sp³-hybridized carbons (Fsp3) is 0.667. The molecule has 1 N–H and O–H groups in total. The van der Waals surface area contributed by atoms with E-state index in [0.29, 0.717) is 38.3 Å². The van der Waals surface area contributed by atoms with Crippen molar-refractivity contribution in [2.75, 3.05) is 26.2 Å². The molecule has 3 rings (SSSR count). The van der Waals surface area contributed by atoms with Crippen LogP contribution in [0.2, 0.25) is 0 Å². The first-order chi connectivity index (χ1) is 12.2. The van der Waals surface area contributed by atoms with E-state index in [0.717, 1.165) is 31.7 Å². The van der Waals surface area contributed by atoms with Crippen LogP contribution in [0, 0.1) is 5.92 Å². The SMILES string of the molecule is Cl.FC(F)(F)c1ccc(C(F)(F)F)c([C@H](C2CCCC2)N2CCNCC2)c1. The van der Waals surface area contributed by atoms with E-state index < -0.39 is 29.5 Å². The van der Waals surface area contributed by atoms with E-state index in [1.165, 1.54) is 0 Å². The van der Waals surface area contributed by atoms with Crippen LogP contribution in [0.3, 0.4) is 0 Å². The first-order valence-electron chi connectivity index (χ1n) is 8.91. The van der Waals surface area contributed by atoms with E-state index in [4.69, 9.17) is 0 Å². The number of hydrogen-bond donors (Lipinski definition) is 1. The molecule has 154 valence electrons. The molecule has 27 heavy (non-hydrogen) atoms. The van der Waals surface area contributed by atoms with E-state index in [1.807, 2.05) is 4.90 Å². The highest BCUT2D eigenvalue weighted by atomic mass is 35.5. The molecule has 9 heteroatoms. The molecule has 2 fully saturated rings. The molecule has 1 aromatic carbocycles. The van der Waals surface area contributed by atoms with Gasteiger partial charge < -0.3 is 5.32 Å². The van der Waals surface area contributed by atoms with Gasteiger partial charge in [0.15, 0.2) is 0 Å². The minimum atomic E-state index is -4.68. The molecule has 1 atom stereocenters. The summed E-state index contributed by atoms with van der Waals surface area (Å²) in [5.41, 5.74) is -2.18. The fourth-order valence-electron chi connectivity index (χ4n) is 4.22. The van der Waals surface area contributed by atoms with Crippen molar-refractivity contribution >= 4 is 12.4 Å². The van der Waals surface area contributed by atoms with Gasteiger partial charge in [0.1, 0.15) is 0 Å². The zero-order chi connectivity index (χ0) is 18.9. The Morgan fingerprint density at radius 1 is 0.926 bits per heavy atom. The van der Waals surface area contributed by atoms with Crippen molar-refractivity contribution in [3.63, 3.8) is 0 Å². The van der Waals surface area contributed by atoms with Crippen LogP contribution in [0.25, 0.3) is 0 Å². The predicted molar refractivity (Wildman–Crippen MR) is 92.8 cm³/mol. The molecular formula is C18H23ClF6N2. The van der Waals surface area contributed by atoms with Gasteiger partial charge in [-0.25, -0.2) is 0 Å². The molecular weight excluding hydrogens is 394 g/mol. The first-order valence-corrected chi connectivity index (χ1v) is 8.91. The van der Waals surface area contributed by atoms with Crippen molar-refractivity contribution < 1.29 is 26.3 Å². The van der Waals surface area contributed by atoms with Crippen LogP contribution in [0.4, 0.5) is 26.3 Å². The van der Waals surface area contributed by atoms with Crippen LogP contribution in [0.1, 0.15) is 48.4 Å². The lowest BCUT2D eigenvalue weighted by Gasteiger charge is -2.40. The van der Waals surface area contributed by atoms with Gasteiger partial charge in [0, 0.05) is 32.2 Å². The lowest BCUT2D eigenvalue weighted by molar-refractivity contribution is -0.142. The maximum absolute atomic E-state index is 13.6. The van der Waals surface area contributed by atoms with Crippen molar-refractivity contribution in [2.24, 2.45) is 5.92 Å². The average Bonchev–Trinajstić information content (AvgIpc) is 3.08. The second-order valence-corrected chi connectivity index (χ2v) is 7.07. The summed E-state index contributed by atoms with van der Waals surface area (Å²) in [5.74, 6) is -0.0438. The highest BCUT2D eigenvalue weighted by Gasteiger charge is 2.42. The summed E-state index contributed by atoms with van der Waals surface area (Å²) in [6, 6.07) is 1.24. The molecule has 2 nitrogen and oxygen atoms in total. The van der Waals surface area contributed by atoms with Crippen molar-refractivity contribution in [1.29, 1.82) is 0 Å². The van der Waals surface area contributed by atoms with E-state index in [1.54, 1.807) is 0 Å². The zero-order valence-corrected chi connectivity index (χ0v) is 15.5. The molecule has 1 saturated carbocycles. The zero-order valence-electron chi connectivity index (χ0n) is 14.7. The molecule has 1 saturated heterocycles. The molecule has 0 amide bonds. The molecule has 1 aromatic rings. The number of halogens is 7. The Hall–Kier alpha value is -0.990. The van der Waals surface area contributed by atoms with Gasteiger partial charge in [0.2, 0.25) is 0 Å². The fourth-order valence-corrected chi connectivity index (χ4v) is 4.22. The summed E-state index contributed by atoms with van der Waals surface area (Å²) >= 11 is 0. The third-order valence-corrected chi connectivity index (χ3v) is 5.39. The van der Waals surface area contributed by atoms with Crippen molar-refractivity contribution in [3.8, 4) is 0 Å². The van der Waals surface area contributed by atoms with Crippen molar-refractivity contribution in [1.82, 2.24) is 10.2 Å². The van der Waals surface area contributed by atoms with Gasteiger partial charge in [-0.05, 0) is 42.5 Å². The van der Waals surface area contributed by atoms with Gasteiger partial charge in [-0.15, -0.1) is 12.4 Å². The molecule has 1 aliphatic heterocycles. The number of rotatable bonds is 3. The van der Waals surface area contributed by atoms with E-state index in [-0.39, 0.29) is 23.9 Å². The highest BCUT2D eigenvalue weighted by Crippen LogP contribution is 2.45. The first kappa shape index (κ1) is 22.3. The monoisotopic (exact) mass is 416 g/mol. The van der Waals surface area contributed by atoms with Gasteiger partial charge in [-0.3, -0.25) is 4.90 Å². The maximum Gasteiger partial charge on any atom is 0.416 e. The summed E-state index contributed by atoms with van der Waals surface area (Å²) in [4.78, 5) is 1.93. The Labute approximate surface area is 160 Å². The van der Waals surface area contributed by atoms with Crippen LogP contribution in [0.15, 0.2) is 18.2 Å². The molecule has 1 aliphatic carbocycles. The maximum atomic E-state index is 13.6. The molecule has 0 aromatic heterocycles. The van der Waals surface area contributed by atoms with E-state index in [9.17, 15) is 26.3 Å². The Morgan fingerprint density at radius 3 is 2.04 bits per heavy atom. The summed E-state index contributed by atoms with van der Waals surface area (Å²) in [6.07, 6.45) is -6.02. The van der Waals surface area contributed by atoms with E-state index >= 15 is 0 Å². The number of nitrogens with one attached hydrogen (secondary N) is 1. The second-order valence-electron chi connectivity index (χ2n) is 7.07. The quantitative estimate of drug-likeness (QED) is 0.674. The molecule has 0 bridgehead atoms. The normalized spacial score (nSPS) is 21.1. The molecule has 2 aliphatic rings. The van der Waals surface area contributed by atoms with Gasteiger partial charge in [0.25, 0.3) is 0 Å². The Bertz CT molecular complexity index is 619. The van der Waals surface area contributed by atoms with Crippen molar-refractivity contribution in [2.45, 2.75) is 44.1 Å². The van der Waals surface area contributed by atoms with Crippen LogP contribution in [-0.2, 0) is 12.4 Å². The third kappa shape index (κ3) is 5.09. The molecule has 1 heterocycles. The topological polar surface area (TPSA) is 15.3 Å². The largest absolute Gasteiger partial charge is 0.416 e. The summed E-state index contributed by atoms with van der Waals surface area (Å²) in [6.45, 7) is 2.33. The Morgan fingerprint density at radius 2 is 1.52 bits per heavy atom. The standard InChI is InChI=1S/C18H22F6N2.ClH/c19-17(20,21)13-5-6-15(18(22,23)24)14(11-13)16(12-3-1-2-4-12)26-9-7-25-8-10-26;/h5-6,11-12,16,25H,1-4,7-10H2;1H/t16-;/m0./s1. The number of piperazine rings is 1. The number of hydrogen-bond acceptors (Lipinski definition) is 2. The highest BCUT2D eigenvalue weighted by molar-refractivity contribution is 5.85.